The fourth-order valence-electron chi connectivity index (χ4n) is 2.24. The Morgan fingerprint density at radius 3 is 2.64 bits per heavy atom. The van der Waals surface area contributed by atoms with Crippen LogP contribution in [0, 0.1) is 0 Å². The summed E-state index contributed by atoms with van der Waals surface area (Å²) in [5.74, 6) is 1.31. The number of hydrogen-bond acceptors (Lipinski definition) is 4. The Morgan fingerprint density at radius 2 is 2.00 bits per heavy atom. The number of aryl methyl sites for hydroxylation is 1. The number of amides is 1. The molecule has 1 heterocycles. The molecule has 1 unspecified atom stereocenters. The minimum absolute atomic E-state index is 0.00421. The monoisotopic (exact) mass is 318 g/mol. The number of nitrogens with zero attached hydrogens (tertiary/aromatic N) is 3. The van der Waals surface area contributed by atoms with Crippen LogP contribution in [0.5, 0.6) is 0 Å². The van der Waals surface area contributed by atoms with Crippen molar-refractivity contribution in [2.45, 2.75) is 44.9 Å². The fraction of sp³-hybridized carbons (Fsp3) is 0.438. The first-order chi connectivity index (χ1) is 10.7. The van der Waals surface area contributed by atoms with E-state index in [1.165, 1.54) is 11.8 Å². The van der Waals surface area contributed by atoms with Crippen LogP contribution in [0.4, 0.5) is 0 Å². The van der Waals surface area contributed by atoms with E-state index in [2.05, 4.69) is 33.9 Å². The number of carbonyl (C=O) groups excluding carboxylic acids is 1. The molecule has 5 nitrogen and oxygen atoms in total. The van der Waals surface area contributed by atoms with Crippen molar-refractivity contribution in [3.8, 4) is 0 Å². The molecule has 1 atom stereocenters. The average Bonchev–Trinajstić information content (AvgIpc) is 2.95. The predicted molar refractivity (Wildman–Crippen MR) is 88.8 cm³/mol. The van der Waals surface area contributed by atoms with Crippen LogP contribution in [-0.4, -0.2) is 26.4 Å². The quantitative estimate of drug-likeness (QED) is 0.798. The van der Waals surface area contributed by atoms with Crippen molar-refractivity contribution in [2.75, 3.05) is 5.75 Å². The second-order valence-electron chi connectivity index (χ2n) is 4.99. The van der Waals surface area contributed by atoms with Gasteiger partial charge in [-0.15, -0.1) is 10.2 Å². The maximum Gasteiger partial charge on any atom is 0.230 e. The fourth-order valence-corrected chi connectivity index (χ4v) is 3.08. The van der Waals surface area contributed by atoms with Crippen LogP contribution in [-0.2, 0) is 17.8 Å². The molecule has 0 aliphatic rings. The molecule has 2 aromatic rings. The van der Waals surface area contributed by atoms with E-state index in [4.69, 9.17) is 0 Å². The van der Waals surface area contributed by atoms with Gasteiger partial charge in [0, 0.05) is 13.0 Å². The largest absolute Gasteiger partial charge is 0.349 e. The molecule has 0 bridgehead atoms. The van der Waals surface area contributed by atoms with Gasteiger partial charge in [-0.25, -0.2) is 0 Å². The summed E-state index contributed by atoms with van der Waals surface area (Å²) in [6.07, 6.45) is 0.846. The molecule has 0 saturated carbocycles. The van der Waals surface area contributed by atoms with Gasteiger partial charge in [0.15, 0.2) is 5.16 Å². The molecule has 1 aromatic heterocycles. The summed E-state index contributed by atoms with van der Waals surface area (Å²) in [5.41, 5.74) is 1.10. The molecule has 1 aromatic carbocycles. The Labute approximate surface area is 135 Å². The Bertz CT molecular complexity index is 612. The van der Waals surface area contributed by atoms with Gasteiger partial charge in [0.05, 0.1) is 11.8 Å². The molecule has 118 valence electrons. The SMILES string of the molecule is CCc1nnc(SCC(=O)NC(C)c2ccccc2)n1CC. The lowest BCUT2D eigenvalue weighted by Crippen LogP contribution is -2.28. The molecule has 0 saturated heterocycles. The minimum Gasteiger partial charge on any atom is -0.349 e. The molecule has 0 aliphatic heterocycles. The summed E-state index contributed by atoms with van der Waals surface area (Å²) in [6.45, 7) is 6.92. The van der Waals surface area contributed by atoms with Gasteiger partial charge in [0.25, 0.3) is 0 Å². The van der Waals surface area contributed by atoms with E-state index in [0.29, 0.717) is 5.75 Å². The maximum absolute atomic E-state index is 12.1. The van der Waals surface area contributed by atoms with E-state index in [1.54, 1.807) is 0 Å². The number of hydrogen-bond donors (Lipinski definition) is 1. The van der Waals surface area contributed by atoms with Gasteiger partial charge in [-0.2, -0.15) is 0 Å². The van der Waals surface area contributed by atoms with E-state index in [-0.39, 0.29) is 11.9 Å². The molecule has 1 N–H and O–H groups in total. The number of aromatic nitrogens is 3. The van der Waals surface area contributed by atoms with Crippen LogP contribution in [0.3, 0.4) is 0 Å². The zero-order chi connectivity index (χ0) is 15.9. The van der Waals surface area contributed by atoms with Gasteiger partial charge >= 0.3 is 0 Å². The summed E-state index contributed by atoms with van der Waals surface area (Å²) in [4.78, 5) is 12.1. The Kier molecular flexibility index (Phi) is 6.00. The second-order valence-corrected chi connectivity index (χ2v) is 5.93. The van der Waals surface area contributed by atoms with Crippen LogP contribution in [0.2, 0.25) is 0 Å². The van der Waals surface area contributed by atoms with E-state index in [1.807, 2.05) is 37.3 Å². The molecule has 0 radical (unpaired) electrons. The number of carbonyl (C=O) groups is 1. The first-order valence-electron chi connectivity index (χ1n) is 7.54. The highest BCUT2D eigenvalue weighted by atomic mass is 32.2. The third kappa shape index (κ3) is 4.10. The van der Waals surface area contributed by atoms with Gasteiger partial charge in [-0.1, -0.05) is 49.0 Å². The Balaban J connectivity index is 1.89. The van der Waals surface area contributed by atoms with Crippen LogP contribution in [0.1, 0.15) is 38.2 Å². The zero-order valence-corrected chi connectivity index (χ0v) is 14.1. The predicted octanol–water partition coefficient (Wildman–Crippen LogP) is 2.83. The van der Waals surface area contributed by atoms with Crippen LogP contribution >= 0.6 is 11.8 Å². The molecule has 0 fully saturated rings. The van der Waals surface area contributed by atoms with Gasteiger partial charge in [0.1, 0.15) is 5.82 Å². The smallest absolute Gasteiger partial charge is 0.230 e. The summed E-state index contributed by atoms with van der Waals surface area (Å²) in [5, 5.41) is 12.1. The van der Waals surface area contributed by atoms with E-state index >= 15 is 0 Å². The Morgan fingerprint density at radius 1 is 1.27 bits per heavy atom. The number of rotatable bonds is 7. The molecule has 0 spiro atoms. The lowest BCUT2D eigenvalue weighted by Gasteiger charge is -2.14. The van der Waals surface area contributed by atoms with Crippen molar-refractivity contribution >= 4 is 17.7 Å². The molecule has 22 heavy (non-hydrogen) atoms. The van der Waals surface area contributed by atoms with E-state index < -0.39 is 0 Å². The topological polar surface area (TPSA) is 59.8 Å². The molecule has 6 heteroatoms. The second kappa shape index (κ2) is 7.98. The van der Waals surface area contributed by atoms with Crippen LogP contribution in [0.15, 0.2) is 35.5 Å². The molecule has 1 amide bonds. The first-order valence-corrected chi connectivity index (χ1v) is 8.53. The molecule has 2 rings (SSSR count). The summed E-state index contributed by atoms with van der Waals surface area (Å²) < 4.78 is 2.05. The molecular formula is C16H22N4OS. The third-order valence-corrected chi connectivity index (χ3v) is 4.40. The van der Waals surface area contributed by atoms with Crippen molar-refractivity contribution in [1.82, 2.24) is 20.1 Å². The van der Waals surface area contributed by atoms with Crippen molar-refractivity contribution in [2.24, 2.45) is 0 Å². The number of nitrogens with one attached hydrogen (secondary N) is 1. The summed E-state index contributed by atoms with van der Waals surface area (Å²) in [6, 6.07) is 9.95. The highest BCUT2D eigenvalue weighted by molar-refractivity contribution is 7.99. The first kappa shape index (κ1) is 16.5. The van der Waals surface area contributed by atoms with Gasteiger partial charge in [-0.3, -0.25) is 4.79 Å². The molecule has 0 aliphatic carbocycles. The number of thioether (sulfide) groups is 1. The molecular weight excluding hydrogens is 296 g/mol. The van der Waals surface area contributed by atoms with Crippen molar-refractivity contribution in [1.29, 1.82) is 0 Å². The lowest BCUT2D eigenvalue weighted by atomic mass is 10.1. The third-order valence-electron chi connectivity index (χ3n) is 3.44. The average molecular weight is 318 g/mol. The van der Waals surface area contributed by atoms with Gasteiger partial charge in [-0.05, 0) is 19.4 Å². The normalized spacial score (nSPS) is 12.1. The van der Waals surface area contributed by atoms with Crippen LogP contribution in [0.25, 0.3) is 0 Å². The minimum atomic E-state index is 0.00421. The highest BCUT2D eigenvalue weighted by Crippen LogP contribution is 2.18. The van der Waals surface area contributed by atoms with E-state index in [0.717, 1.165) is 29.5 Å². The zero-order valence-electron chi connectivity index (χ0n) is 13.2. The van der Waals surface area contributed by atoms with E-state index in [9.17, 15) is 4.79 Å². The standard InChI is InChI=1S/C16H22N4OS/c1-4-14-18-19-16(20(14)5-2)22-11-15(21)17-12(3)13-9-7-6-8-10-13/h6-10,12H,4-5,11H2,1-3H3,(H,17,21). The maximum atomic E-state index is 12.1. The summed E-state index contributed by atoms with van der Waals surface area (Å²) >= 11 is 1.43. The summed E-state index contributed by atoms with van der Waals surface area (Å²) in [7, 11) is 0. The Hall–Kier alpha value is -1.82. The van der Waals surface area contributed by atoms with Crippen molar-refractivity contribution in [3.63, 3.8) is 0 Å². The van der Waals surface area contributed by atoms with Gasteiger partial charge in [0.2, 0.25) is 5.91 Å². The van der Waals surface area contributed by atoms with Crippen molar-refractivity contribution < 1.29 is 4.79 Å². The lowest BCUT2D eigenvalue weighted by molar-refractivity contribution is -0.119. The van der Waals surface area contributed by atoms with Crippen LogP contribution < -0.4 is 5.32 Å². The number of benzene rings is 1. The van der Waals surface area contributed by atoms with Gasteiger partial charge < -0.3 is 9.88 Å². The van der Waals surface area contributed by atoms with Crippen molar-refractivity contribution in [3.05, 3.63) is 41.7 Å². The highest BCUT2D eigenvalue weighted by Gasteiger charge is 2.13.